The first-order valence-electron chi connectivity index (χ1n) is 15.4. The van der Waals surface area contributed by atoms with Crippen LogP contribution in [-0.4, -0.2) is 41.1 Å². The molecule has 5 rings (SSSR count). The Kier molecular flexibility index (Phi) is 11.9. The Hall–Kier alpha value is -4.15. The van der Waals surface area contributed by atoms with Gasteiger partial charge < -0.3 is 29.7 Å². The molecule has 8 nitrogen and oxygen atoms in total. The zero-order chi connectivity index (χ0) is 32.3. The fraction of sp³-hybridized carbons (Fsp3) is 0.297. The Morgan fingerprint density at radius 2 is 1.63 bits per heavy atom. The first-order valence-corrected chi connectivity index (χ1v) is 16.3. The number of aliphatic carboxylic acids is 1. The number of hydrogen-bond donors (Lipinski definition) is 3. The summed E-state index contributed by atoms with van der Waals surface area (Å²) >= 11 is 1.70. The lowest BCUT2D eigenvalue weighted by atomic mass is 9.99. The van der Waals surface area contributed by atoms with E-state index < -0.39 is 12.3 Å². The molecule has 0 radical (unpaired) electrons. The molecule has 1 aliphatic heterocycles. The Morgan fingerprint density at radius 3 is 2.37 bits per heavy atom. The average Bonchev–Trinajstić information content (AvgIpc) is 3.10. The van der Waals surface area contributed by atoms with Crippen LogP contribution in [0.15, 0.2) is 102 Å². The van der Waals surface area contributed by atoms with E-state index in [1.807, 2.05) is 91.0 Å². The molecule has 3 atom stereocenters. The van der Waals surface area contributed by atoms with Gasteiger partial charge in [-0.3, -0.25) is 9.59 Å². The van der Waals surface area contributed by atoms with Crippen LogP contribution in [0.4, 0.5) is 0 Å². The monoisotopic (exact) mass is 641 g/mol. The molecule has 1 amide bonds. The van der Waals surface area contributed by atoms with Gasteiger partial charge in [-0.05, 0) is 52.4 Å². The van der Waals surface area contributed by atoms with Gasteiger partial charge in [0, 0.05) is 42.0 Å². The largest absolute Gasteiger partial charge is 0.496 e. The number of nitrogens with one attached hydrogen (secondary N) is 1. The summed E-state index contributed by atoms with van der Waals surface area (Å²) in [5, 5.41) is 21.2. The lowest BCUT2D eigenvalue weighted by molar-refractivity contribution is -0.245. The Labute approximate surface area is 273 Å². The Morgan fingerprint density at radius 1 is 0.870 bits per heavy atom. The van der Waals surface area contributed by atoms with Gasteiger partial charge in [-0.15, -0.1) is 11.8 Å². The fourth-order valence-corrected chi connectivity index (χ4v) is 6.37. The van der Waals surface area contributed by atoms with Crippen LogP contribution >= 0.6 is 11.8 Å². The number of carbonyl (C=O) groups is 2. The molecule has 0 aromatic heterocycles. The van der Waals surface area contributed by atoms with E-state index in [1.54, 1.807) is 18.9 Å². The van der Waals surface area contributed by atoms with Crippen molar-refractivity contribution < 1.29 is 34.0 Å². The van der Waals surface area contributed by atoms with Crippen LogP contribution in [0.2, 0.25) is 0 Å². The summed E-state index contributed by atoms with van der Waals surface area (Å²) < 4.78 is 18.6. The number of carboxylic acids is 1. The molecule has 46 heavy (non-hydrogen) atoms. The molecule has 4 aromatic rings. The van der Waals surface area contributed by atoms with Gasteiger partial charge in [0.05, 0.1) is 25.9 Å². The van der Waals surface area contributed by atoms with Crippen molar-refractivity contribution in [3.05, 3.63) is 119 Å². The molecule has 240 valence electrons. The van der Waals surface area contributed by atoms with Gasteiger partial charge >= 0.3 is 5.97 Å². The molecule has 0 aliphatic carbocycles. The predicted molar refractivity (Wildman–Crippen MR) is 177 cm³/mol. The first-order chi connectivity index (χ1) is 22.4. The molecule has 0 bridgehead atoms. The third-order valence-electron chi connectivity index (χ3n) is 7.84. The van der Waals surface area contributed by atoms with Gasteiger partial charge in [-0.1, -0.05) is 78.9 Å². The lowest BCUT2D eigenvalue weighted by Crippen LogP contribution is -2.31. The molecule has 1 fully saturated rings. The molecule has 1 aliphatic rings. The van der Waals surface area contributed by atoms with Crippen LogP contribution in [0.1, 0.15) is 60.3 Å². The lowest BCUT2D eigenvalue weighted by Gasteiger charge is -2.36. The number of aliphatic hydroxyl groups is 1. The second kappa shape index (κ2) is 16.4. The summed E-state index contributed by atoms with van der Waals surface area (Å²) in [6.45, 7) is 0.366. The summed E-state index contributed by atoms with van der Waals surface area (Å²) in [6.07, 6.45) is 0.372. The summed E-state index contributed by atoms with van der Waals surface area (Å²) in [7, 11) is 1.68. The highest BCUT2D eigenvalue weighted by Crippen LogP contribution is 2.40. The van der Waals surface area contributed by atoms with Gasteiger partial charge in [0.1, 0.15) is 5.75 Å². The first kappa shape index (κ1) is 33.2. The minimum absolute atomic E-state index is 0.00575. The van der Waals surface area contributed by atoms with Gasteiger partial charge in [0.25, 0.3) is 0 Å². The van der Waals surface area contributed by atoms with E-state index in [2.05, 4.69) is 11.4 Å². The molecule has 0 saturated carbocycles. The van der Waals surface area contributed by atoms with Crippen molar-refractivity contribution in [3.63, 3.8) is 0 Å². The van der Waals surface area contributed by atoms with Crippen LogP contribution < -0.4 is 10.1 Å². The van der Waals surface area contributed by atoms with Crippen LogP contribution in [-0.2, 0) is 32.2 Å². The number of amides is 1. The topological polar surface area (TPSA) is 114 Å². The summed E-state index contributed by atoms with van der Waals surface area (Å²) in [6, 6.07) is 32.0. The second-order valence-electron chi connectivity index (χ2n) is 11.2. The van der Waals surface area contributed by atoms with Gasteiger partial charge in [0.15, 0.2) is 6.29 Å². The minimum atomic E-state index is -0.899. The molecule has 1 heterocycles. The number of carbonyl (C=O) groups excluding carboxylic acids is 1. The molecule has 9 heteroatoms. The number of aliphatic hydroxyl groups excluding tert-OH is 1. The van der Waals surface area contributed by atoms with Crippen LogP contribution in [0.3, 0.4) is 0 Å². The third kappa shape index (κ3) is 9.20. The smallest absolute Gasteiger partial charge is 0.303 e. The highest BCUT2D eigenvalue weighted by molar-refractivity contribution is 7.99. The quantitative estimate of drug-likeness (QED) is 0.125. The normalized spacial score (nSPS) is 17.7. The molecule has 1 saturated heterocycles. The zero-order valence-electron chi connectivity index (χ0n) is 25.8. The van der Waals surface area contributed by atoms with Crippen molar-refractivity contribution in [3.8, 4) is 16.9 Å². The van der Waals surface area contributed by atoms with Crippen molar-refractivity contribution in [1.29, 1.82) is 0 Å². The maximum atomic E-state index is 12.1. The number of rotatable bonds is 14. The van der Waals surface area contributed by atoms with Crippen molar-refractivity contribution in [1.82, 2.24) is 5.32 Å². The summed E-state index contributed by atoms with van der Waals surface area (Å²) in [5.74, 6) is 0.507. The molecular formula is C37H39NO7S. The van der Waals surface area contributed by atoms with E-state index in [0.717, 1.165) is 49.8 Å². The SMILES string of the molecule is COc1ccccc1SC[C@H]1C[C@@H](c2ccc(CO)cc2)O[C@@H](c2ccc(-c3cccc(CNC(=O)CCCC(=O)O)c3)cc2)O1. The molecule has 0 unspecified atom stereocenters. The third-order valence-corrected chi connectivity index (χ3v) is 9.02. The predicted octanol–water partition coefficient (Wildman–Crippen LogP) is 7.06. The maximum absolute atomic E-state index is 12.1. The fourth-order valence-electron chi connectivity index (χ4n) is 5.33. The minimum Gasteiger partial charge on any atom is -0.496 e. The van der Waals surface area contributed by atoms with Gasteiger partial charge in [-0.25, -0.2) is 0 Å². The van der Waals surface area contributed by atoms with Crippen molar-refractivity contribution in [2.45, 2.75) is 62.2 Å². The average molecular weight is 642 g/mol. The molecular weight excluding hydrogens is 602 g/mol. The summed E-state index contributed by atoms with van der Waals surface area (Å²) in [5.41, 5.74) is 5.81. The Balaban J connectivity index is 1.27. The summed E-state index contributed by atoms with van der Waals surface area (Å²) in [4.78, 5) is 23.9. The zero-order valence-corrected chi connectivity index (χ0v) is 26.6. The van der Waals surface area contributed by atoms with E-state index in [0.29, 0.717) is 19.4 Å². The van der Waals surface area contributed by atoms with E-state index in [4.69, 9.17) is 19.3 Å². The van der Waals surface area contributed by atoms with Crippen molar-refractivity contribution in [2.75, 3.05) is 12.9 Å². The van der Waals surface area contributed by atoms with E-state index >= 15 is 0 Å². The van der Waals surface area contributed by atoms with Crippen LogP contribution in [0.25, 0.3) is 11.1 Å². The van der Waals surface area contributed by atoms with Gasteiger partial charge in [0.2, 0.25) is 5.91 Å². The standard InChI is InChI=1S/C37H39NO7S/c1-43-32-8-2-3-9-34(32)46-24-31-21-33(28-14-12-25(23-39)13-15-28)45-37(44-31)29-18-16-27(17-19-29)30-7-4-6-26(20-30)22-38-35(40)10-5-11-36(41)42/h2-4,6-9,12-20,31,33,37,39H,5,10-11,21-24H2,1H3,(H,38,40)(H,41,42)/t31-,33+,37+/m1/s1. The highest BCUT2D eigenvalue weighted by atomic mass is 32.2. The van der Waals surface area contributed by atoms with Gasteiger partial charge in [-0.2, -0.15) is 0 Å². The number of ether oxygens (including phenoxy) is 3. The molecule has 3 N–H and O–H groups in total. The van der Waals surface area contributed by atoms with E-state index in [1.165, 1.54) is 0 Å². The second-order valence-corrected chi connectivity index (χ2v) is 12.2. The number of carboxylic acid groups (broad SMARTS) is 1. The number of thioether (sulfide) groups is 1. The maximum Gasteiger partial charge on any atom is 0.303 e. The number of hydrogen-bond acceptors (Lipinski definition) is 7. The molecule has 4 aromatic carbocycles. The van der Waals surface area contributed by atoms with Crippen LogP contribution in [0.5, 0.6) is 5.75 Å². The van der Waals surface area contributed by atoms with Crippen molar-refractivity contribution >= 4 is 23.6 Å². The number of methoxy groups -OCH3 is 1. The highest BCUT2D eigenvalue weighted by Gasteiger charge is 2.32. The van der Waals surface area contributed by atoms with Crippen LogP contribution in [0, 0.1) is 0 Å². The molecule has 0 spiro atoms. The van der Waals surface area contributed by atoms with E-state index in [9.17, 15) is 14.7 Å². The Bertz CT molecular complexity index is 1590. The number of para-hydroxylation sites is 1. The number of benzene rings is 4. The van der Waals surface area contributed by atoms with Crippen molar-refractivity contribution in [2.24, 2.45) is 0 Å². The van der Waals surface area contributed by atoms with E-state index in [-0.39, 0.29) is 37.6 Å².